The summed E-state index contributed by atoms with van der Waals surface area (Å²) in [6.07, 6.45) is 2.10. The van der Waals surface area contributed by atoms with Gasteiger partial charge in [-0.2, -0.15) is 0 Å². The summed E-state index contributed by atoms with van der Waals surface area (Å²) in [4.78, 5) is 12.2. The maximum Gasteiger partial charge on any atom is 0.255 e. The minimum atomic E-state index is -0.0969. The zero-order chi connectivity index (χ0) is 15.5. The minimum absolute atomic E-state index is 0.0969. The Kier molecular flexibility index (Phi) is 4.55. The third kappa shape index (κ3) is 3.73. The zero-order valence-electron chi connectivity index (χ0n) is 11.8. The molecule has 1 aliphatic rings. The van der Waals surface area contributed by atoms with Gasteiger partial charge in [0.25, 0.3) is 5.91 Å². The molecule has 114 valence electrons. The van der Waals surface area contributed by atoms with Crippen molar-refractivity contribution >= 4 is 29.1 Å². The molecule has 1 fully saturated rings. The average Bonchev–Trinajstić information content (AvgIpc) is 3.30. The number of hydrogen-bond acceptors (Lipinski definition) is 2. The van der Waals surface area contributed by atoms with E-state index < -0.39 is 0 Å². The Morgan fingerprint density at radius 1 is 1.18 bits per heavy atom. The summed E-state index contributed by atoms with van der Waals surface area (Å²) in [5.41, 5.74) is 1.36. The van der Waals surface area contributed by atoms with Crippen LogP contribution in [0.2, 0.25) is 10.0 Å². The molecular formula is C17H15Cl2NO2. The summed E-state index contributed by atoms with van der Waals surface area (Å²) in [5, 5.41) is 4.10. The molecule has 0 unspecified atom stereocenters. The van der Waals surface area contributed by atoms with Crippen molar-refractivity contribution in [1.82, 2.24) is 5.32 Å². The largest absolute Gasteiger partial charge is 0.488 e. The lowest BCUT2D eigenvalue weighted by Gasteiger charge is -2.12. The van der Waals surface area contributed by atoms with Crippen LogP contribution < -0.4 is 10.1 Å². The molecule has 5 heteroatoms. The van der Waals surface area contributed by atoms with Crippen molar-refractivity contribution in [3.63, 3.8) is 0 Å². The van der Waals surface area contributed by atoms with E-state index in [-0.39, 0.29) is 12.5 Å². The molecule has 0 aliphatic heterocycles. The number of hydrogen-bond donors (Lipinski definition) is 1. The van der Waals surface area contributed by atoms with Crippen LogP contribution in [0.25, 0.3) is 0 Å². The molecule has 0 saturated heterocycles. The number of carbonyl (C=O) groups is 1. The van der Waals surface area contributed by atoms with E-state index in [1.54, 1.807) is 24.3 Å². The molecule has 2 aromatic rings. The van der Waals surface area contributed by atoms with Crippen molar-refractivity contribution in [3.8, 4) is 5.75 Å². The normalized spacial score (nSPS) is 13.7. The zero-order valence-corrected chi connectivity index (χ0v) is 13.3. The highest BCUT2D eigenvalue weighted by atomic mass is 35.5. The van der Waals surface area contributed by atoms with E-state index in [1.165, 1.54) is 0 Å². The molecule has 0 aromatic heterocycles. The van der Waals surface area contributed by atoms with Crippen molar-refractivity contribution in [2.24, 2.45) is 0 Å². The quantitative estimate of drug-likeness (QED) is 0.875. The molecule has 1 saturated carbocycles. The van der Waals surface area contributed by atoms with Crippen molar-refractivity contribution in [1.29, 1.82) is 0 Å². The molecule has 0 atom stereocenters. The Hall–Kier alpha value is -1.71. The third-order valence-corrected chi connectivity index (χ3v) is 4.03. The van der Waals surface area contributed by atoms with Crippen molar-refractivity contribution in [2.75, 3.05) is 0 Å². The fraction of sp³-hybridized carbons (Fsp3) is 0.235. The SMILES string of the molecule is O=C(NC1CC1)c1ccccc1OCc1ccc(Cl)cc1Cl. The van der Waals surface area contributed by atoms with E-state index in [2.05, 4.69) is 5.32 Å². The summed E-state index contributed by atoms with van der Waals surface area (Å²) in [7, 11) is 0. The molecule has 2 aromatic carbocycles. The Morgan fingerprint density at radius 3 is 2.68 bits per heavy atom. The lowest BCUT2D eigenvalue weighted by molar-refractivity contribution is 0.0946. The van der Waals surface area contributed by atoms with E-state index in [0.29, 0.717) is 27.4 Å². The molecule has 0 heterocycles. The van der Waals surface area contributed by atoms with Crippen LogP contribution in [0.3, 0.4) is 0 Å². The highest BCUT2D eigenvalue weighted by molar-refractivity contribution is 6.35. The molecule has 3 rings (SSSR count). The first-order chi connectivity index (χ1) is 10.6. The number of carbonyl (C=O) groups excluding carboxylic acids is 1. The van der Waals surface area contributed by atoms with E-state index in [1.807, 2.05) is 18.2 Å². The molecular weight excluding hydrogens is 321 g/mol. The monoisotopic (exact) mass is 335 g/mol. The average molecular weight is 336 g/mol. The number of amides is 1. The second kappa shape index (κ2) is 6.59. The number of nitrogens with one attached hydrogen (secondary N) is 1. The van der Waals surface area contributed by atoms with Crippen LogP contribution in [0, 0.1) is 0 Å². The summed E-state index contributed by atoms with van der Waals surface area (Å²) in [6.45, 7) is 0.281. The maximum atomic E-state index is 12.2. The highest BCUT2D eigenvalue weighted by Crippen LogP contribution is 2.25. The van der Waals surface area contributed by atoms with Gasteiger partial charge < -0.3 is 10.1 Å². The Bertz CT molecular complexity index is 699. The fourth-order valence-corrected chi connectivity index (χ4v) is 2.53. The van der Waals surface area contributed by atoms with Gasteiger partial charge in [0.2, 0.25) is 0 Å². The fourth-order valence-electron chi connectivity index (χ4n) is 2.07. The van der Waals surface area contributed by atoms with Gasteiger partial charge in [-0.25, -0.2) is 0 Å². The summed E-state index contributed by atoms with van der Waals surface area (Å²) >= 11 is 12.0. The number of benzene rings is 2. The molecule has 1 aliphatic carbocycles. The van der Waals surface area contributed by atoms with Crippen LogP contribution in [0.5, 0.6) is 5.75 Å². The second-order valence-electron chi connectivity index (χ2n) is 5.27. The van der Waals surface area contributed by atoms with Gasteiger partial charge in [0, 0.05) is 21.7 Å². The first-order valence-electron chi connectivity index (χ1n) is 7.10. The van der Waals surface area contributed by atoms with Gasteiger partial charge in [0.05, 0.1) is 5.56 Å². The number of rotatable bonds is 5. The Morgan fingerprint density at radius 2 is 1.95 bits per heavy atom. The van der Waals surface area contributed by atoms with Crippen LogP contribution >= 0.6 is 23.2 Å². The Labute approximate surface area is 139 Å². The minimum Gasteiger partial charge on any atom is -0.488 e. The lowest BCUT2D eigenvalue weighted by Crippen LogP contribution is -2.25. The number of para-hydroxylation sites is 1. The number of halogens is 2. The number of ether oxygens (including phenoxy) is 1. The summed E-state index contributed by atoms with van der Waals surface area (Å²) < 4.78 is 5.78. The standard InChI is InChI=1S/C17H15Cl2NO2/c18-12-6-5-11(15(19)9-12)10-22-16-4-2-1-3-14(16)17(21)20-13-7-8-13/h1-6,9,13H,7-8,10H2,(H,20,21). The smallest absolute Gasteiger partial charge is 0.255 e. The topological polar surface area (TPSA) is 38.3 Å². The Balaban J connectivity index is 1.73. The van der Waals surface area contributed by atoms with Gasteiger partial charge in [-0.05, 0) is 37.1 Å². The molecule has 1 N–H and O–H groups in total. The van der Waals surface area contributed by atoms with Gasteiger partial charge >= 0.3 is 0 Å². The molecule has 3 nitrogen and oxygen atoms in total. The maximum absolute atomic E-state index is 12.2. The first-order valence-corrected chi connectivity index (χ1v) is 7.85. The van der Waals surface area contributed by atoms with Crippen molar-refractivity contribution in [2.45, 2.75) is 25.5 Å². The third-order valence-electron chi connectivity index (χ3n) is 3.44. The molecule has 1 amide bonds. The van der Waals surface area contributed by atoms with Crippen LogP contribution in [0.4, 0.5) is 0 Å². The van der Waals surface area contributed by atoms with Crippen molar-refractivity contribution < 1.29 is 9.53 Å². The lowest BCUT2D eigenvalue weighted by atomic mass is 10.2. The van der Waals surface area contributed by atoms with Gasteiger partial charge in [0.1, 0.15) is 12.4 Å². The van der Waals surface area contributed by atoms with Crippen molar-refractivity contribution in [3.05, 3.63) is 63.6 Å². The highest BCUT2D eigenvalue weighted by Gasteiger charge is 2.25. The van der Waals surface area contributed by atoms with E-state index in [0.717, 1.165) is 18.4 Å². The van der Waals surface area contributed by atoms with Crippen LogP contribution in [-0.4, -0.2) is 11.9 Å². The summed E-state index contributed by atoms with van der Waals surface area (Å²) in [5.74, 6) is 0.451. The molecule has 0 bridgehead atoms. The van der Waals surface area contributed by atoms with Gasteiger partial charge in [-0.3, -0.25) is 4.79 Å². The molecule has 0 radical (unpaired) electrons. The molecule has 0 spiro atoms. The van der Waals surface area contributed by atoms with Gasteiger partial charge in [-0.1, -0.05) is 41.4 Å². The van der Waals surface area contributed by atoms with Gasteiger partial charge in [0.15, 0.2) is 0 Å². The van der Waals surface area contributed by atoms with Gasteiger partial charge in [-0.15, -0.1) is 0 Å². The van der Waals surface area contributed by atoms with E-state index in [9.17, 15) is 4.79 Å². The first kappa shape index (κ1) is 15.2. The van der Waals surface area contributed by atoms with Crippen LogP contribution in [0.1, 0.15) is 28.8 Å². The predicted octanol–water partition coefficient (Wildman–Crippen LogP) is 4.46. The van der Waals surface area contributed by atoms with Crippen LogP contribution in [-0.2, 0) is 6.61 Å². The van der Waals surface area contributed by atoms with Crippen LogP contribution in [0.15, 0.2) is 42.5 Å². The molecule has 22 heavy (non-hydrogen) atoms. The predicted molar refractivity (Wildman–Crippen MR) is 87.7 cm³/mol. The van der Waals surface area contributed by atoms with E-state index in [4.69, 9.17) is 27.9 Å². The summed E-state index contributed by atoms with van der Waals surface area (Å²) in [6, 6.07) is 12.8. The van der Waals surface area contributed by atoms with E-state index >= 15 is 0 Å². The second-order valence-corrected chi connectivity index (χ2v) is 6.11.